The summed E-state index contributed by atoms with van der Waals surface area (Å²) in [5, 5.41) is 14.7. The van der Waals surface area contributed by atoms with Gasteiger partial charge in [0.05, 0.1) is 22.2 Å². The minimum absolute atomic E-state index is 0.177. The topological polar surface area (TPSA) is 101 Å². The summed E-state index contributed by atoms with van der Waals surface area (Å²) in [5.41, 5.74) is 10.3. The number of nitrogen functional groups attached to an aromatic ring is 1. The molecule has 8 nitrogen and oxygen atoms in total. The van der Waals surface area contributed by atoms with Crippen LogP contribution in [0.4, 0.5) is 5.82 Å². The molecule has 2 N–H and O–H groups in total. The van der Waals surface area contributed by atoms with Gasteiger partial charge in [0.25, 0.3) is 0 Å². The molecule has 0 spiro atoms. The Morgan fingerprint density at radius 3 is 2.67 bits per heavy atom. The molecule has 27 heavy (non-hydrogen) atoms. The Labute approximate surface area is 156 Å². The molecule has 0 bridgehead atoms. The zero-order chi connectivity index (χ0) is 18.7. The van der Waals surface area contributed by atoms with Crippen molar-refractivity contribution >= 4 is 16.7 Å². The smallest absolute Gasteiger partial charge is 0.149 e. The molecule has 0 aromatic carbocycles. The lowest BCUT2D eigenvalue weighted by molar-refractivity contribution is 0.386. The molecule has 4 heterocycles. The fraction of sp³-hybridized carbons (Fsp3) is 0.368. The monoisotopic (exact) mass is 363 g/mol. The van der Waals surface area contributed by atoms with Crippen LogP contribution in [-0.2, 0) is 7.05 Å². The molecule has 4 aromatic rings. The van der Waals surface area contributed by atoms with E-state index in [-0.39, 0.29) is 6.04 Å². The van der Waals surface area contributed by atoms with Crippen molar-refractivity contribution in [3.8, 4) is 22.6 Å². The number of aromatic nitrogens is 6. The third-order valence-corrected chi connectivity index (χ3v) is 5.00. The first-order chi connectivity index (χ1) is 13.0. The van der Waals surface area contributed by atoms with E-state index in [0.717, 1.165) is 40.8 Å². The van der Waals surface area contributed by atoms with E-state index in [9.17, 15) is 0 Å². The van der Waals surface area contributed by atoms with Crippen LogP contribution in [0.3, 0.4) is 0 Å². The molecule has 0 unspecified atom stereocenters. The zero-order valence-electron chi connectivity index (χ0n) is 15.5. The van der Waals surface area contributed by atoms with E-state index in [1.807, 2.05) is 30.1 Å². The third-order valence-electron chi connectivity index (χ3n) is 5.00. The summed E-state index contributed by atoms with van der Waals surface area (Å²) < 4.78 is 9.52. The highest BCUT2D eigenvalue weighted by molar-refractivity contribution is 6.02. The van der Waals surface area contributed by atoms with Crippen molar-refractivity contribution in [2.45, 2.75) is 38.6 Å². The number of fused-ring (bicyclic) bond motifs is 1. The fourth-order valence-corrected chi connectivity index (χ4v) is 3.56. The van der Waals surface area contributed by atoms with Gasteiger partial charge in [-0.2, -0.15) is 10.2 Å². The Hall–Kier alpha value is -3.16. The van der Waals surface area contributed by atoms with Crippen molar-refractivity contribution in [3.05, 3.63) is 30.3 Å². The van der Waals surface area contributed by atoms with Gasteiger partial charge in [0.15, 0.2) is 0 Å². The summed E-state index contributed by atoms with van der Waals surface area (Å²) >= 11 is 0. The van der Waals surface area contributed by atoms with Gasteiger partial charge >= 0.3 is 0 Å². The number of aryl methyl sites for hydroxylation is 1. The molecular formula is C19H21N7O. The molecular weight excluding hydrogens is 342 g/mol. The predicted octanol–water partition coefficient (Wildman–Crippen LogP) is 3.53. The standard InChI is InChI=1S/C19H21N7O/c1-10(2)26-13-6-8-21-19(20)15(13)16(23-26)17-14(12-7-9-25(3)22-12)18(27-24-17)11-4-5-11/h6-11H,4-5H2,1-3H3,(H2,20,21). The molecule has 1 aliphatic rings. The highest BCUT2D eigenvalue weighted by Gasteiger charge is 2.35. The summed E-state index contributed by atoms with van der Waals surface area (Å²) in [6, 6.07) is 4.09. The van der Waals surface area contributed by atoms with Crippen LogP contribution in [0.5, 0.6) is 0 Å². The average Bonchev–Trinajstić information content (AvgIpc) is 3.06. The SMILES string of the molecule is CC(C)n1nc(-c2noc(C3CC3)c2-c2ccn(C)n2)c2c(N)nccc21. The molecule has 5 rings (SSSR count). The summed E-state index contributed by atoms with van der Waals surface area (Å²) in [5.74, 6) is 1.73. The van der Waals surface area contributed by atoms with Crippen LogP contribution in [0.25, 0.3) is 33.5 Å². The minimum atomic E-state index is 0.177. The first-order valence-corrected chi connectivity index (χ1v) is 9.17. The van der Waals surface area contributed by atoms with Crippen LogP contribution in [0.2, 0.25) is 0 Å². The normalized spacial score (nSPS) is 14.5. The Balaban J connectivity index is 1.81. The van der Waals surface area contributed by atoms with Gasteiger partial charge < -0.3 is 10.3 Å². The lowest BCUT2D eigenvalue weighted by Gasteiger charge is -2.06. The van der Waals surface area contributed by atoms with Gasteiger partial charge in [-0.25, -0.2) is 4.98 Å². The second-order valence-corrected chi connectivity index (χ2v) is 7.40. The predicted molar refractivity (Wildman–Crippen MR) is 102 cm³/mol. The first-order valence-electron chi connectivity index (χ1n) is 9.17. The zero-order valence-corrected chi connectivity index (χ0v) is 15.5. The number of nitrogens with zero attached hydrogens (tertiary/aromatic N) is 6. The van der Waals surface area contributed by atoms with Crippen molar-refractivity contribution in [2.75, 3.05) is 5.73 Å². The van der Waals surface area contributed by atoms with E-state index in [1.165, 1.54) is 0 Å². The minimum Gasteiger partial charge on any atom is -0.383 e. The van der Waals surface area contributed by atoms with Gasteiger partial charge in [-0.15, -0.1) is 0 Å². The lowest BCUT2D eigenvalue weighted by atomic mass is 10.0. The van der Waals surface area contributed by atoms with Crippen molar-refractivity contribution in [2.24, 2.45) is 7.05 Å². The highest BCUT2D eigenvalue weighted by atomic mass is 16.5. The van der Waals surface area contributed by atoms with Crippen molar-refractivity contribution in [1.82, 2.24) is 29.7 Å². The molecule has 8 heteroatoms. The summed E-state index contributed by atoms with van der Waals surface area (Å²) in [6.07, 6.45) is 5.85. The second-order valence-electron chi connectivity index (χ2n) is 7.40. The molecule has 1 aliphatic carbocycles. The Kier molecular flexibility index (Phi) is 3.37. The largest absolute Gasteiger partial charge is 0.383 e. The van der Waals surface area contributed by atoms with Gasteiger partial charge in [-0.3, -0.25) is 9.36 Å². The van der Waals surface area contributed by atoms with Crippen molar-refractivity contribution in [3.63, 3.8) is 0 Å². The lowest BCUT2D eigenvalue weighted by Crippen LogP contribution is -2.02. The van der Waals surface area contributed by atoms with Crippen molar-refractivity contribution in [1.29, 1.82) is 0 Å². The molecule has 0 atom stereocenters. The molecule has 0 radical (unpaired) electrons. The van der Waals surface area contributed by atoms with Crippen LogP contribution in [0.1, 0.15) is 44.4 Å². The van der Waals surface area contributed by atoms with E-state index < -0.39 is 0 Å². The van der Waals surface area contributed by atoms with E-state index in [2.05, 4.69) is 29.1 Å². The Bertz CT molecular complexity index is 1150. The Morgan fingerprint density at radius 1 is 1.19 bits per heavy atom. The number of anilines is 1. The van der Waals surface area contributed by atoms with E-state index >= 15 is 0 Å². The van der Waals surface area contributed by atoms with Gasteiger partial charge in [0, 0.05) is 31.4 Å². The van der Waals surface area contributed by atoms with Gasteiger partial charge in [-0.05, 0) is 38.8 Å². The van der Waals surface area contributed by atoms with Crippen LogP contribution in [0.15, 0.2) is 29.0 Å². The van der Waals surface area contributed by atoms with Crippen LogP contribution in [-0.4, -0.2) is 29.7 Å². The molecule has 0 saturated heterocycles. The molecule has 0 aliphatic heterocycles. The third kappa shape index (κ3) is 2.43. The Morgan fingerprint density at radius 2 is 2.00 bits per heavy atom. The van der Waals surface area contributed by atoms with Crippen LogP contribution < -0.4 is 5.73 Å². The van der Waals surface area contributed by atoms with Gasteiger partial charge in [-0.1, -0.05) is 5.16 Å². The van der Waals surface area contributed by atoms with E-state index in [4.69, 9.17) is 15.4 Å². The van der Waals surface area contributed by atoms with Crippen LogP contribution in [0, 0.1) is 0 Å². The van der Waals surface area contributed by atoms with Crippen molar-refractivity contribution < 1.29 is 4.52 Å². The number of nitrogens with two attached hydrogens (primary N) is 1. The average molecular weight is 363 g/mol. The van der Waals surface area contributed by atoms with Gasteiger partial charge in [0.1, 0.15) is 23.0 Å². The maximum absolute atomic E-state index is 6.24. The summed E-state index contributed by atoms with van der Waals surface area (Å²) in [6.45, 7) is 4.18. The van der Waals surface area contributed by atoms with Crippen LogP contribution >= 0.6 is 0 Å². The number of pyridine rings is 1. The number of rotatable bonds is 4. The number of hydrogen-bond acceptors (Lipinski definition) is 6. The van der Waals surface area contributed by atoms with E-state index in [1.54, 1.807) is 10.9 Å². The summed E-state index contributed by atoms with van der Waals surface area (Å²) in [4.78, 5) is 4.27. The van der Waals surface area contributed by atoms with Gasteiger partial charge in [0.2, 0.25) is 0 Å². The maximum Gasteiger partial charge on any atom is 0.149 e. The second kappa shape index (κ2) is 5.67. The van der Waals surface area contributed by atoms with E-state index in [0.29, 0.717) is 23.1 Å². The molecule has 1 saturated carbocycles. The quantitative estimate of drug-likeness (QED) is 0.595. The molecule has 0 amide bonds. The summed E-state index contributed by atoms with van der Waals surface area (Å²) in [7, 11) is 1.90. The maximum atomic E-state index is 6.24. The molecule has 1 fully saturated rings. The first kappa shape index (κ1) is 16.0. The molecule has 138 valence electrons. The highest BCUT2D eigenvalue weighted by Crippen LogP contribution is 2.48. The fourth-order valence-electron chi connectivity index (χ4n) is 3.56. The molecule has 4 aromatic heterocycles. The number of hydrogen-bond donors (Lipinski definition) is 1.